The molecule has 3 nitrogen and oxygen atoms in total. The standard InChI is InChI=1S/C15H12O3S/c16-15(17)14(19)8-9-5-6-13-11(7-9)10-3-1-2-4-12(10)18-13/h1-7,14,19H,8H2,(H,16,17)/t14-/m0/s1. The molecule has 2 aromatic carbocycles. The van der Waals surface area contributed by atoms with Crippen LogP contribution in [0, 0.1) is 0 Å². The Morgan fingerprint density at radius 1 is 1.16 bits per heavy atom. The SMILES string of the molecule is O=C(O)[C@@H](S)Cc1ccc2oc3ccccc3c2c1. The summed E-state index contributed by atoms with van der Waals surface area (Å²) in [7, 11) is 0. The first-order valence-corrected chi connectivity index (χ1v) is 6.48. The summed E-state index contributed by atoms with van der Waals surface area (Å²) in [6, 6.07) is 13.6. The fourth-order valence-corrected chi connectivity index (χ4v) is 2.42. The maximum atomic E-state index is 10.8. The van der Waals surface area contributed by atoms with Crippen molar-refractivity contribution in [1.29, 1.82) is 0 Å². The minimum atomic E-state index is -0.902. The quantitative estimate of drug-likeness (QED) is 0.717. The van der Waals surface area contributed by atoms with Crippen molar-refractivity contribution in [2.75, 3.05) is 0 Å². The summed E-state index contributed by atoms with van der Waals surface area (Å²) >= 11 is 4.07. The topological polar surface area (TPSA) is 50.4 Å². The third-order valence-electron chi connectivity index (χ3n) is 3.16. The maximum Gasteiger partial charge on any atom is 0.316 e. The fraction of sp³-hybridized carbons (Fsp3) is 0.133. The molecule has 1 atom stereocenters. The molecule has 0 aliphatic carbocycles. The molecule has 0 aliphatic rings. The smallest absolute Gasteiger partial charge is 0.316 e. The van der Waals surface area contributed by atoms with E-state index in [1.54, 1.807) is 0 Å². The minimum absolute atomic E-state index is 0.397. The monoisotopic (exact) mass is 272 g/mol. The highest BCUT2D eigenvalue weighted by Gasteiger charge is 2.14. The predicted molar refractivity (Wildman–Crippen MR) is 77.8 cm³/mol. The molecule has 0 radical (unpaired) electrons. The fourth-order valence-electron chi connectivity index (χ4n) is 2.21. The molecule has 4 heteroatoms. The third kappa shape index (κ3) is 2.19. The van der Waals surface area contributed by atoms with Gasteiger partial charge in [-0.1, -0.05) is 24.3 Å². The number of para-hydroxylation sites is 1. The molecule has 0 aliphatic heterocycles. The van der Waals surface area contributed by atoms with Crippen molar-refractivity contribution in [2.45, 2.75) is 11.7 Å². The summed E-state index contributed by atoms with van der Waals surface area (Å²) in [5, 5.41) is 10.3. The molecule has 0 fully saturated rings. The molecule has 0 saturated heterocycles. The molecule has 3 aromatic rings. The van der Waals surface area contributed by atoms with Crippen LogP contribution < -0.4 is 0 Å². The first-order valence-electron chi connectivity index (χ1n) is 5.96. The number of carbonyl (C=O) groups is 1. The van der Waals surface area contributed by atoms with E-state index in [1.165, 1.54) is 0 Å². The molecule has 1 N–H and O–H groups in total. The van der Waals surface area contributed by atoms with Crippen LogP contribution in [0.2, 0.25) is 0 Å². The molecule has 0 spiro atoms. The second-order valence-electron chi connectivity index (χ2n) is 4.49. The van der Waals surface area contributed by atoms with Gasteiger partial charge in [0.2, 0.25) is 0 Å². The Labute approximate surface area is 115 Å². The van der Waals surface area contributed by atoms with E-state index >= 15 is 0 Å². The number of carboxylic acids is 1. The lowest BCUT2D eigenvalue weighted by atomic mass is 10.1. The average molecular weight is 272 g/mol. The van der Waals surface area contributed by atoms with Gasteiger partial charge in [-0.2, -0.15) is 12.6 Å². The van der Waals surface area contributed by atoms with E-state index in [4.69, 9.17) is 9.52 Å². The number of furan rings is 1. The van der Waals surface area contributed by atoms with Crippen molar-refractivity contribution in [2.24, 2.45) is 0 Å². The maximum absolute atomic E-state index is 10.8. The second kappa shape index (κ2) is 4.63. The summed E-state index contributed by atoms with van der Waals surface area (Å²) in [5.41, 5.74) is 2.60. The summed E-state index contributed by atoms with van der Waals surface area (Å²) < 4.78 is 5.72. The van der Waals surface area contributed by atoms with Crippen LogP contribution in [0.5, 0.6) is 0 Å². The van der Waals surface area contributed by atoms with E-state index in [-0.39, 0.29) is 0 Å². The number of rotatable bonds is 3. The minimum Gasteiger partial charge on any atom is -0.480 e. The van der Waals surface area contributed by atoms with Gasteiger partial charge >= 0.3 is 5.97 Å². The summed E-state index contributed by atoms with van der Waals surface area (Å²) in [6.07, 6.45) is 0.397. The predicted octanol–water partition coefficient (Wildman–Crippen LogP) is 3.51. The Bertz CT molecular complexity index is 760. The molecule has 96 valence electrons. The van der Waals surface area contributed by atoms with Crippen LogP contribution in [0.1, 0.15) is 5.56 Å². The van der Waals surface area contributed by atoms with Crippen molar-refractivity contribution in [3.8, 4) is 0 Å². The second-order valence-corrected chi connectivity index (χ2v) is 5.11. The molecule has 3 rings (SSSR count). The lowest BCUT2D eigenvalue weighted by Gasteiger charge is -2.05. The van der Waals surface area contributed by atoms with Crippen LogP contribution in [0.3, 0.4) is 0 Å². The Hall–Kier alpha value is -1.94. The van der Waals surface area contributed by atoms with Crippen molar-refractivity contribution < 1.29 is 14.3 Å². The van der Waals surface area contributed by atoms with E-state index in [0.717, 1.165) is 27.5 Å². The third-order valence-corrected chi connectivity index (χ3v) is 3.56. The highest BCUT2D eigenvalue weighted by Crippen LogP contribution is 2.29. The van der Waals surface area contributed by atoms with E-state index in [0.29, 0.717) is 6.42 Å². The van der Waals surface area contributed by atoms with Crippen LogP contribution in [-0.4, -0.2) is 16.3 Å². The van der Waals surface area contributed by atoms with Gasteiger partial charge in [0.15, 0.2) is 0 Å². The summed E-state index contributed by atoms with van der Waals surface area (Å²) in [4.78, 5) is 10.8. The molecule has 1 heterocycles. The van der Waals surface area contributed by atoms with Crippen molar-refractivity contribution in [3.05, 3.63) is 48.0 Å². The number of carboxylic acid groups (broad SMARTS) is 1. The number of thiol groups is 1. The highest BCUT2D eigenvalue weighted by atomic mass is 32.1. The van der Waals surface area contributed by atoms with Crippen LogP contribution in [-0.2, 0) is 11.2 Å². The van der Waals surface area contributed by atoms with Gasteiger partial charge in [-0.3, -0.25) is 4.79 Å². The van der Waals surface area contributed by atoms with Crippen LogP contribution in [0.25, 0.3) is 21.9 Å². The number of benzene rings is 2. The van der Waals surface area contributed by atoms with Gasteiger partial charge in [0.25, 0.3) is 0 Å². The average Bonchev–Trinajstić information content (AvgIpc) is 2.76. The Balaban J connectivity index is 2.09. The van der Waals surface area contributed by atoms with Crippen molar-refractivity contribution in [3.63, 3.8) is 0 Å². The van der Waals surface area contributed by atoms with Gasteiger partial charge in [-0.05, 0) is 30.2 Å². The van der Waals surface area contributed by atoms with Crippen molar-refractivity contribution in [1.82, 2.24) is 0 Å². The van der Waals surface area contributed by atoms with E-state index in [1.807, 2.05) is 42.5 Å². The van der Waals surface area contributed by atoms with Gasteiger partial charge in [-0.25, -0.2) is 0 Å². The normalized spacial score (nSPS) is 12.9. The summed E-state index contributed by atoms with van der Waals surface area (Å²) in [5.74, 6) is -0.902. The molecular weight excluding hydrogens is 260 g/mol. The van der Waals surface area contributed by atoms with Gasteiger partial charge in [0.1, 0.15) is 16.4 Å². The van der Waals surface area contributed by atoms with Crippen molar-refractivity contribution >= 4 is 40.5 Å². The summed E-state index contributed by atoms with van der Waals surface area (Å²) in [6.45, 7) is 0. The largest absolute Gasteiger partial charge is 0.480 e. The molecule has 0 unspecified atom stereocenters. The zero-order chi connectivity index (χ0) is 13.4. The zero-order valence-electron chi connectivity index (χ0n) is 10.0. The zero-order valence-corrected chi connectivity index (χ0v) is 10.9. The Morgan fingerprint density at radius 3 is 2.68 bits per heavy atom. The van der Waals surface area contributed by atoms with Gasteiger partial charge in [0, 0.05) is 10.8 Å². The molecule has 1 aromatic heterocycles. The van der Waals surface area contributed by atoms with Gasteiger partial charge in [-0.15, -0.1) is 0 Å². The number of aliphatic carboxylic acids is 1. The first-order chi connectivity index (χ1) is 9.15. The van der Waals surface area contributed by atoms with E-state index in [9.17, 15) is 4.79 Å². The molecule has 0 saturated carbocycles. The van der Waals surface area contributed by atoms with Gasteiger partial charge in [0.05, 0.1) is 0 Å². The van der Waals surface area contributed by atoms with E-state index < -0.39 is 11.2 Å². The Morgan fingerprint density at radius 2 is 1.89 bits per heavy atom. The lowest BCUT2D eigenvalue weighted by molar-refractivity contribution is -0.136. The lowest BCUT2D eigenvalue weighted by Crippen LogP contribution is -2.15. The molecule has 0 amide bonds. The van der Waals surface area contributed by atoms with E-state index in [2.05, 4.69) is 12.6 Å². The van der Waals surface area contributed by atoms with Crippen LogP contribution in [0.4, 0.5) is 0 Å². The van der Waals surface area contributed by atoms with Crippen LogP contribution in [0.15, 0.2) is 46.9 Å². The van der Waals surface area contributed by atoms with Crippen LogP contribution >= 0.6 is 12.6 Å². The molecule has 0 bridgehead atoms. The highest BCUT2D eigenvalue weighted by molar-refractivity contribution is 7.81. The number of hydrogen-bond donors (Lipinski definition) is 2. The first kappa shape index (κ1) is 12.1. The Kier molecular flexibility index (Phi) is 2.95. The van der Waals surface area contributed by atoms with Gasteiger partial charge < -0.3 is 9.52 Å². The number of fused-ring (bicyclic) bond motifs is 3. The number of hydrogen-bond acceptors (Lipinski definition) is 3. The molecule has 19 heavy (non-hydrogen) atoms. The molecular formula is C15H12O3S.